The Morgan fingerprint density at radius 1 is 1.21 bits per heavy atom. The van der Waals surface area contributed by atoms with E-state index >= 15 is 0 Å². The molecule has 1 aromatic rings. The van der Waals surface area contributed by atoms with Crippen molar-refractivity contribution in [1.82, 2.24) is 14.5 Å². The van der Waals surface area contributed by atoms with Gasteiger partial charge in [-0.25, -0.2) is 12.7 Å². The molecule has 1 aliphatic rings. The number of unbranched alkanes of at least 4 members (excludes halogenated alkanes) is 1. The molecule has 1 aliphatic heterocycles. The van der Waals surface area contributed by atoms with Crippen LogP contribution >= 0.6 is 0 Å². The first-order valence-corrected chi connectivity index (χ1v) is 11.4. The molecule has 156 valence electrons. The summed E-state index contributed by atoms with van der Waals surface area (Å²) in [4.78, 5) is 13.6. The molecule has 2 N–H and O–H groups in total. The van der Waals surface area contributed by atoms with Gasteiger partial charge in [0.25, 0.3) is 10.0 Å². The average Bonchev–Trinajstić information content (AvgIpc) is 3.01. The second-order valence-electron chi connectivity index (χ2n) is 7.59. The quantitative estimate of drug-likeness (QED) is 0.622. The van der Waals surface area contributed by atoms with Gasteiger partial charge in [-0.2, -0.15) is 0 Å². The van der Waals surface area contributed by atoms with Crippen LogP contribution in [0.5, 0.6) is 0 Å². The maximum atomic E-state index is 12.9. The zero-order chi connectivity index (χ0) is 20.7. The highest BCUT2D eigenvalue weighted by atomic mass is 32.2. The van der Waals surface area contributed by atoms with Crippen LogP contribution in [0.4, 0.5) is 0 Å². The Morgan fingerprint density at radius 3 is 2.50 bits per heavy atom. The summed E-state index contributed by atoms with van der Waals surface area (Å²) in [5.41, 5.74) is 0.965. The van der Waals surface area contributed by atoms with Crippen LogP contribution in [0, 0.1) is 11.3 Å². The topological polar surface area (TPSA) is 93.6 Å². The van der Waals surface area contributed by atoms with Crippen molar-refractivity contribution in [3.63, 3.8) is 0 Å². The molecule has 0 aromatic heterocycles. The van der Waals surface area contributed by atoms with Gasteiger partial charge in [0.15, 0.2) is 0 Å². The number of rotatable bonds is 10. The van der Waals surface area contributed by atoms with Crippen LogP contribution < -0.4 is 5.32 Å². The summed E-state index contributed by atoms with van der Waals surface area (Å²) in [5, 5.41) is 11.1. The lowest BCUT2D eigenvalue weighted by molar-refractivity contribution is -0.121. The summed E-state index contributed by atoms with van der Waals surface area (Å²) in [5.74, 6) is 0.469. The minimum atomic E-state index is -3.72. The number of carbonyl (C=O) groups is 1. The van der Waals surface area contributed by atoms with Gasteiger partial charge in [0.2, 0.25) is 11.9 Å². The second kappa shape index (κ2) is 9.91. The molecule has 0 unspecified atom stereocenters. The van der Waals surface area contributed by atoms with Gasteiger partial charge in [-0.1, -0.05) is 39.3 Å². The Labute approximate surface area is 168 Å². The maximum Gasteiger partial charge on any atom is 0.266 e. The normalized spacial score (nSPS) is 14.8. The third kappa shape index (κ3) is 5.70. The van der Waals surface area contributed by atoms with Gasteiger partial charge < -0.3 is 10.2 Å². The van der Waals surface area contributed by atoms with E-state index in [1.54, 1.807) is 29.2 Å². The van der Waals surface area contributed by atoms with E-state index in [0.717, 1.165) is 18.4 Å². The molecule has 0 aliphatic carbocycles. The summed E-state index contributed by atoms with van der Waals surface area (Å²) in [6, 6.07) is 6.72. The molecule has 1 heterocycles. The Balaban J connectivity index is 1.95. The predicted octanol–water partition coefficient (Wildman–Crippen LogP) is 2.43. The molecule has 7 nitrogen and oxygen atoms in total. The number of sulfonamides is 1. The maximum absolute atomic E-state index is 12.9. The third-order valence-corrected chi connectivity index (χ3v) is 6.50. The summed E-state index contributed by atoms with van der Waals surface area (Å²) >= 11 is 0. The Bertz CT molecular complexity index is 775. The number of guanidine groups is 1. The van der Waals surface area contributed by atoms with E-state index in [2.05, 4.69) is 19.2 Å². The fourth-order valence-corrected chi connectivity index (χ4v) is 4.56. The first-order valence-electron chi connectivity index (χ1n) is 9.97. The van der Waals surface area contributed by atoms with E-state index in [9.17, 15) is 13.2 Å². The molecule has 8 heteroatoms. The van der Waals surface area contributed by atoms with Crippen LogP contribution in [-0.2, 0) is 21.2 Å². The van der Waals surface area contributed by atoms with Crippen LogP contribution in [0.1, 0.15) is 45.6 Å². The molecule has 0 bridgehead atoms. The first-order chi connectivity index (χ1) is 13.3. The van der Waals surface area contributed by atoms with E-state index in [4.69, 9.17) is 5.41 Å². The summed E-state index contributed by atoms with van der Waals surface area (Å²) in [6.07, 6.45) is 3.08. The summed E-state index contributed by atoms with van der Waals surface area (Å²) < 4.78 is 27.0. The minimum absolute atomic E-state index is 0.0487. The van der Waals surface area contributed by atoms with Crippen molar-refractivity contribution in [3.05, 3.63) is 29.8 Å². The zero-order valence-electron chi connectivity index (χ0n) is 17.1. The van der Waals surface area contributed by atoms with Gasteiger partial charge in [-0.15, -0.1) is 0 Å². The van der Waals surface area contributed by atoms with Crippen molar-refractivity contribution in [2.24, 2.45) is 5.92 Å². The number of benzene rings is 1. The summed E-state index contributed by atoms with van der Waals surface area (Å²) in [6.45, 7) is 8.22. The number of nitrogens with zero attached hydrogens (tertiary/aromatic N) is 2. The lowest BCUT2D eigenvalue weighted by Crippen LogP contribution is -2.38. The number of carbonyl (C=O) groups excluding carboxylic acids is 1. The molecule has 1 fully saturated rings. The lowest BCUT2D eigenvalue weighted by Gasteiger charge is -2.23. The minimum Gasteiger partial charge on any atom is -0.356 e. The highest BCUT2D eigenvalue weighted by molar-refractivity contribution is 7.89. The van der Waals surface area contributed by atoms with Crippen molar-refractivity contribution >= 4 is 21.9 Å². The Hall–Kier alpha value is -2.09. The number of nitrogens with one attached hydrogen (secondary N) is 2. The molecule has 1 saturated heterocycles. The zero-order valence-corrected chi connectivity index (χ0v) is 17.9. The fourth-order valence-electron chi connectivity index (χ4n) is 3.16. The van der Waals surface area contributed by atoms with Crippen LogP contribution in [0.25, 0.3) is 0 Å². The number of amides is 1. The van der Waals surface area contributed by atoms with Crippen LogP contribution in [0.2, 0.25) is 0 Å². The van der Waals surface area contributed by atoms with Crippen molar-refractivity contribution in [2.75, 3.05) is 26.2 Å². The Kier molecular flexibility index (Phi) is 7.86. The summed E-state index contributed by atoms with van der Waals surface area (Å²) in [7, 11) is -3.72. The van der Waals surface area contributed by atoms with Crippen LogP contribution in [0.15, 0.2) is 29.2 Å². The van der Waals surface area contributed by atoms with Crippen molar-refractivity contribution < 1.29 is 13.2 Å². The molecule has 0 radical (unpaired) electrons. The Morgan fingerprint density at radius 2 is 1.89 bits per heavy atom. The van der Waals surface area contributed by atoms with E-state index in [1.807, 2.05) is 6.92 Å². The van der Waals surface area contributed by atoms with Crippen molar-refractivity contribution in [3.8, 4) is 0 Å². The first kappa shape index (κ1) is 22.2. The van der Waals surface area contributed by atoms with Gasteiger partial charge in [0.1, 0.15) is 0 Å². The molecule has 1 amide bonds. The van der Waals surface area contributed by atoms with E-state index in [1.165, 1.54) is 4.31 Å². The highest BCUT2D eigenvalue weighted by Crippen LogP contribution is 2.21. The molecule has 2 rings (SSSR count). The van der Waals surface area contributed by atoms with E-state index in [0.29, 0.717) is 44.9 Å². The van der Waals surface area contributed by atoms with Gasteiger partial charge in [-0.05, 0) is 36.5 Å². The van der Waals surface area contributed by atoms with Gasteiger partial charge in [0, 0.05) is 26.1 Å². The molecular weight excluding hydrogens is 376 g/mol. The monoisotopic (exact) mass is 408 g/mol. The number of hydrogen-bond acceptors (Lipinski definition) is 4. The molecule has 28 heavy (non-hydrogen) atoms. The highest BCUT2D eigenvalue weighted by Gasteiger charge is 2.35. The van der Waals surface area contributed by atoms with Crippen LogP contribution in [-0.4, -0.2) is 55.7 Å². The standard InChI is InChI=1S/C20H32N4O3S/c1-4-5-6-19(25)22-12-11-17-7-9-18(10-8-17)28(26,27)24-14-13-23(20(24)21)15-16(2)3/h7-10,16,21H,4-6,11-15H2,1-3H3,(H,22,25). The fraction of sp³-hybridized carbons (Fsp3) is 0.600. The largest absolute Gasteiger partial charge is 0.356 e. The van der Waals surface area contributed by atoms with Gasteiger partial charge in [-0.3, -0.25) is 10.2 Å². The van der Waals surface area contributed by atoms with Crippen molar-refractivity contribution in [1.29, 1.82) is 5.41 Å². The van der Waals surface area contributed by atoms with Gasteiger partial charge >= 0.3 is 0 Å². The predicted molar refractivity (Wildman–Crippen MR) is 111 cm³/mol. The van der Waals surface area contributed by atoms with Crippen molar-refractivity contribution in [2.45, 2.75) is 51.3 Å². The SMILES string of the molecule is CCCCC(=O)NCCc1ccc(S(=O)(=O)N2CCN(CC(C)C)C2=N)cc1. The smallest absolute Gasteiger partial charge is 0.266 e. The van der Waals surface area contributed by atoms with E-state index in [-0.39, 0.29) is 16.8 Å². The lowest BCUT2D eigenvalue weighted by atomic mass is 10.1. The molecule has 0 atom stereocenters. The molecular formula is C20H32N4O3S. The molecule has 1 aromatic carbocycles. The average molecular weight is 409 g/mol. The second-order valence-corrected chi connectivity index (χ2v) is 9.45. The molecule has 0 spiro atoms. The van der Waals surface area contributed by atoms with Crippen LogP contribution in [0.3, 0.4) is 0 Å². The molecule has 0 saturated carbocycles. The third-order valence-electron chi connectivity index (χ3n) is 4.70. The number of hydrogen-bond donors (Lipinski definition) is 2. The van der Waals surface area contributed by atoms with E-state index < -0.39 is 10.0 Å². The van der Waals surface area contributed by atoms with Gasteiger partial charge in [0.05, 0.1) is 11.4 Å².